The van der Waals surface area contributed by atoms with E-state index in [0.717, 1.165) is 11.1 Å². The Kier molecular flexibility index (Phi) is 7.64. The average Bonchev–Trinajstić information content (AvgIpc) is 3.33. The van der Waals surface area contributed by atoms with Gasteiger partial charge in [-0.1, -0.05) is 11.2 Å². The van der Waals surface area contributed by atoms with Gasteiger partial charge in [-0.05, 0) is 36.2 Å². The van der Waals surface area contributed by atoms with E-state index in [0.29, 0.717) is 53.8 Å². The molecule has 172 valence electrons. The smallest absolute Gasteiger partial charge is 0.264 e. The largest absolute Gasteiger partial charge is 0.493 e. The molecule has 0 bridgehead atoms. The minimum atomic E-state index is -0.700. The van der Waals surface area contributed by atoms with Crippen molar-refractivity contribution in [2.24, 2.45) is 5.16 Å². The highest BCUT2D eigenvalue weighted by Crippen LogP contribution is 2.39. The Labute approximate surface area is 187 Å². The minimum absolute atomic E-state index is 0.225. The van der Waals surface area contributed by atoms with Crippen molar-refractivity contribution in [1.82, 2.24) is 5.32 Å². The highest BCUT2D eigenvalue weighted by atomic mass is 16.6. The first kappa shape index (κ1) is 23.1. The molecule has 0 unspecified atom stereocenters. The summed E-state index contributed by atoms with van der Waals surface area (Å²) in [4.78, 5) is 17.9. The first-order valence-electron chi connectivity index (χ1n) is 10.1. The van der Waals surface area contributed by atoms with Crippen molar-refractivity contribution in [1.29, 1.82) is 0 Å². The number of ether oxygens (including phenoxy) is 5. The molecule has 9 heteroatoms. The monoisotopic (exact) mass is 444 g/mol. The Morgan fingerprint density at radius 1 is 0.938 bits per heavy atom. The second kappa shape index (κ2) is 10.6. The molecule has 1 aliphatic rings. The summed E-state index contributed by atoms with van der Waals surface area (Å²) >= 11 is 0. The number of benzene rings is 2. The van der Waals surface area contributed by atoms with Crippen LogP contribution in [0.5, 0.6) is 28.7 Å². The van der Waals surface area contributed by atoms with Crippen LogP contribution in [-0.4, -0.2) is 59.8 Å². The lowest BCUT2D eigenvalue weighted by atomic mass is 10.0. The van der Waals surface area contributed by atoms with Crippen LogP contribution in [0.3, 0.4) is 0 Å². The third kappa shape index (κ3) is 4.99. The molecule has 32 heavy (non-hydrogen) atoms. The molecule has 1 heterocycles. The maximum Gasteiger partial charge on any atom is 0.264 e. The quantitative estimate of drug-likeness (QED) is 0.602. The molecule has 9 nitrogen and oxygen atoms in total. The standard InChI is InChI=1S/C23H28N2O7/c1-27-17-7-6-14(10-18(17)28-2)8-9-24-23(26)21-13-16(25-32-21)15-11-19(29-3)22(31-5)20(12-15)30-4/h6-7,10-12,21H,8-9,13H2,1-5H3,(H,24,26)/t21-/m0/s1. The fraction of sp³-hybridized carbons (Fsp3) is 0.391. The minimum Gasteiger partial charge on any atom is -0.493 e. The van der Waals surface area contributed by atoms with Crippen LogP contribution in [0.2, 0.25) is 0 Å². The van der Waals surface area contributed by atoms with Crippen molar-refractivity contribution >= 4 is 11.6 Å². The number of carbonyl (C=O) groups is 1. The summed E-state index contributed by atoms with van der Waals surface area (Å²) in [5.74, 6) is 2.59. The molecule has 2 aromatic rings. The molecule has 3 rings (SSSR count). The first-order valence-corrected chi connectivity index (χ1v) is 10.1. The number of amides is 1. The van der Waals surface area contributed by atoms with Gasteiger partial charge in [-0.25, -0.2) is 0 Å². The maximum absolute atomic E-state index is 12.6. The fourth-order valence-electron chi connectivity index (χ4n) is 3.42. The van der Waals surface area contributed by atoms with Gasteiger partial charge in [0, 0.05) is 18.5 Å². The number of rotatable bonds is 10. The summed E-state index contributed by atoms with van der Waals surface area (Å²) in [5.41, 5.74) is 2.38. The van der Waals surface area contributed by atoms with Crippen LogP contribution >= 0.6 is 0 Å². The zero-order chi connectivity index (χ0) is 23.1. The van der Waals surface area contributed by atoms with E-state index in [1.807, 2.05) is 18.2 Å². The lowest BCUT2D eigenvalue weighted by Gasteiger charge is -2.14. The molecule has 0 saturated heterocycles. The maximum atomic E-state index is 12.6. The molecule has 0 saturated carbocycles. The van der Waals surface area contributed by atoms with Crippen LogP contribution in [-0.2, 0) is 16.1 Å². The highest BCUT2D eigenvalue weighted by Gasteiger charge is 2.30. The molecule has 1 N–H and O–H groups in total. The molecule has 0 fully saturated rings. The zero-order valence-electron chi connectivity index (χ0n) is 18.9. The van der Waals surface area contributed by atoms with Crippen molar-refractivity contribution < 1.29 is 33.3 Å². The summed E-state index contributed by atoms with van der Waals surface area (Å²) in [6.07, 6.45) is 0.273. The topological polar surface area (TPSA) is 96.8 Å². The second-order valence-electron chi connectivity index (χ2n) is 6.98. The molecule has 1 amide bonds. The first-order chi connectivity index (χ1) is 15.5. The Balaban J connectivity index is 1.58. The number of nitrogens with zero attached hydrogens (tertiary/aromatic N) is 1. The van der Waals surface area contributed by atoms with Gasteiger partial charge in [-0.15, -0.1) is 0 Å². The number of oxime groups is 1. The SMILES string of the molecule is COc1ccc(CCNC(=O)[C@@H]2CC(c3cc(OC)c(OC)c(OC)c3)=NO2)cc1OC. The van der Waals surface area contributed by atoms with E-state index in [-0.39, 0.29) is 5.91 Å². The molecule has 0 aliphatic carbocycles. The van der Waals surface area contributed by atoms with Gasteiger partial charge in [0.05, 0.1) is 41.3 Å². The van der Waals surface area contributed by atoms with Gasteiger partial charge in [0.15, 0.2) is 23.0 Å². The van der Waals surface area contributed by atoms with Gasteiger partial charge in [0.1, 0.15) is 0 Å². The van der Waals surface area contributed by atoms with Crippen molar-refractivity contribution in [2.75, 3.05) is 42.1 Å². The van der Waals surface area contributed by atoms with Crippen LogP contribution in [0.25, 0.3) is 0 Å². The average molecular weight is 444 g/mol. The van der Waals surface area contributed by atoms with E-state index in [1.165, 1.54) is 0 Å². The molecule has 1 aliphatic heterocycles. The predicted molar refractivity (Wildman–Crippen MR) is 118 cm³/mol. The Bertz CT molecular complexity index is 965. The second-order valence-corrected chi connectivity index (χ2v) is 6.98. The molecular formula is C23H28N2O7. The third-order valence-electron chi connectivity index (χ3n) is 5.12. The van der Waals surface area contributed by atoms with Gasteiger partial charge in [-0.3, -0.25) is 4.79 Å². The van der Waals surface area contributed by atoms with E-state index < -0.39 is 6.10 Å². The van der Waals surface area contributed by atoms with Gasteiger partial charge < -0.3 is 33.8 Å². The molecule has 0 radical (unpaired) electrons. The molecule has 2 aromatic carbocycles. The zero-order valence-corrected chi connectivity index (χ0v) is 18.9. The van der Waals surface area contributed by atoms with Crippen LogP contribution < -0.4 is 29.0 Å². The van der Waals surface area contributed by atoms with Gasteiger partial charge >= 0.3 is 0 Å². The van der Waals surface area contributed by atoms with Gasteiger partial charge in [-0.2, -0.15) is 0 Å². The number of hydrogen-bond donors (Lipinski definition) is 1. The fourth-order valence-corrected chi connectivity index (χ4v) is 3.42. The molecule has 0 aromatic heterocycles. The van der Waals surface area contributed by atoms with E-state index in [9.17, 15) is 4.79 Å². The summed E-state index contributed by atoms with van der Waals surface area (Å²) in [7, 11) is 7.81. The Morgan fingerprint density at radius 3 is 2.19 bits per heavy atom. The lowest BCUT2D eigenvalue weighted by molar-refractivity contribution is -0.131. The number of nitrogens with one attached hydrogen (secondary N) is 1. The van der Waals surface area contributed by atoms with Crippen LogP contribution in [0.1, 0.15) is 17.5 Å². The summed E-state index contributed by atoms with van der Waals surface area (Å²) in [6.45, 7) is 0.452. The van der Waals surface area contributed by atoms with E-state index >= 15 is 0 Å². The third-order valence-corrected chi connectivity index (χ3v) is 5.12. The number of hydrogen-bond acceptors (Lipinski definition) is 8. The van der Waals surface area contributed by atoms with Crippen molar-refractivity contribution in [2.45, 2.75) is 18.9 Å². The predicted octanol–water partition coefficient (Wildman–Crippen LogP) is 2.58. The lowest BCUT2D eigenvalue weighted by Crippen LogP contribution is -2.36. The van der Waals surface area contributed by atoms with E-state index in [1.54, 1.807) is 47.7 Å². The molecule has 0 spiro atoms. The summed E-state index contributed by atoms with van der Waals surface area (Å²) in [6, 6.07) is 9.23. The van der Waals surface area contributed by atoms with E-state index in [2.05, 4.69) is 10.5 Å². The number of carbonyl (C=O) groups excluding carboxylic acids is 1. The number of methoxy groups -OCH3 is 5. The van der Waals surface area contributed by atoms with Crippen LogP contribution in [0.15, 0.2) is 35.5 Å². The van der Waals surface area contributed by atoms with E-state index in [4.69, 9.17) is 28.5 Å². The molecule has 1 atom stereocenters. The normalized spacial score (nSPS) is 14.8. The Hall–Kier alpha value is -3.62. The van der Waals surface area contributed by atoms with Crippen molar-refractivity contribution in [3.05, 3.63) is 41.5 Å². The van der Waals surface area contributed by atoms with Gasteiger partial charge in [0.25, 0.3) is 5.91 Å². The highest BCUT2D eigenvalue weighted by molar-refractivity contribution is 6.04. The summed E-state index contributed by atoms with van der Waals surface area (Å²) in [5, 5.41) is 6.99. The Morgan fingerprint density at radius 2 is 1.59 bits per heavy atom. The summed E-state index contributed by atoms with van der Waals surface area (Å²) < 4.78 is 26.7. The van der Waals surface area contributed by atoms with Gasteiger partial charge in [0.2, 0.25) is 11.9 Å². The van der Waals surface area contributed by atoms with Crippen LogP contribution in [0.4, 0.5) is 0 Å². The van der Waals surface area contributed by atoms with Crippen LogP contribution in [0, 0.1) is 0 Å². The van der Waals surface area contributed by atoms with Crippen molar-refractivity contribution in [3.63, 3.8) is 0 Å². The molecular weight excluding hydrogens is 416 g/mol. The van der Waals surface area contributed by atoms with Crippen molar-refractivity contribution in [3.8, 4) is 28.7 Å².